The summed E-state index contributed by atoms with van der Waals surface area (Å²) in [4.78, 5) is 27.4. The van der Waals surface area contributed by atoms with Crippen LogP contribution in [-0.4, -0.2) is 41.3 Å². The molecule has 0 aliphatic carbocycles. The summed E-state index contributed by atoms with van der Waals surface area (Å²) in [5.41, 5.74) is 3.70. The van der Waals surface area contributed by atoms with Crippen molar-refractivity contribution in [3.63, 3.8) is 0 Å². The molecule has 4 aromatic rings. The minimum Gasteiger partial charge on any atom is -0.381 e. The maximum absolute atomic E-state index is 12.9. The highest BCUT2D eigenvalue weighted by molar-refractivity contribution is 7.17. The number of rotatable bonds is 2. The number of aromatic amines is 1. The van der Waals surface area contributed by atoms with E-state index in [0.717, 1.165) is 59.6 Å². The van der Waals surface area contributed by atoms with Gasteiger partial charge in [-0.1, -0.05) is 0 Å². The number of pyridine rings is 1. The third-order valence-corrected chi connectivity index (χ3v) is 7.04. The predicted octanol–water partition coefficient (Wildman–Crippen LogP) is 3.73. The molecule has 7 heteroatoms. The van der Waals surface area contributed by atoms with Crippen LogP contribution in [0.4, 0.5) is 5.69 Å². The Hall–Kier alpha value is -2.77. The second-order valence-corrected chi connectivity index (χ2v) is 9.21. The number of nitrogens with zero attached hydrogens (tertiary/aromatic N) is 3. The molecule has 5 heterocycles. The average molecular weight is 404 g/mol. The summed E-state index contributed by atoms with van der Waals surface area (Å²) in [6, 6.07) is 8.13. The molecule has 3 aromatic heterocycles. The number of ether oxygens (including phenoxy) is 1. The maximum atomic E-state index is 12.9. The van der Waals surface area contributed by atoms with E-state index in [9.17, 15) is 4.79 Å². The molecule has 146 valence electrons. The standard InChI is InChI=1S/C22H20N4O2S/c1-13-6-15(26-10-22(11-26)3-4-28-12-22)8-16-19(13)24-20(25-21(16)27)17-7-14-2-5-29-18(14)9-23-17/h2,5-9H,3-4,10-12H2,1H3,(H,24,25,27). The molecule has 29 heavy (non-hydrogen) atoms. The smallest absolute Gasteiger partial charge is 0.259 e. The first-order valence-corrected chi connectivity index (χ1v) is 10.7. The molecule has 0 amide bonds. The highest BCUT2D eigenvalue weighted by Gasteiger charge is 2.45. The normalized spacial score (nSPS) is 18.0. The molecule has 0 bridgehead atoms. The summed E-state index contributed by atoms with van der Waals surface area (Å²) in [7, 11) is 0. The lowest BCUT2D eigenvalue weighted by molar-refractivity contribution is 0.131. The Labute approximate surface area is 171 Å². The number of fused-ring (bicyclic) bond motifs is 2. The van der Waals surface area contributed by atoms with Crippen molar-refractivity contribution in [1.29, 1.82) is 0 Å². The summed E-state index contributed by atoms with van der Waals surface area (Å²) in [6.07, 6.45) is 2.96. The molecule has 0 unspecified atom stereocenters. The van der Waals surface area contributed by atoms with Gasteiger partial charge in [-0.25, -0.2) is 4.98 Å². The number of aryl methyl sites for hydroxylation is 1. The summed E-state index contributed by atoms with van der Waals surface area (Å²) in [6.45, 7) is 5.72. The van der Waals surface area contributed by atoms with Crippen LogP contribution in [0.25, 0.3) is 32.5 Å². The molecule has 1 N–H and O–H groups in total. The van der Waals surface area contributed by atoms with Gasteiger partial charge in [0, 0.05) is 37.0 Å². The number of anilines is 1. The third kappa shape index (κ3) is 2.68. The SMILES string of the molecule is Cc1cc(N2CC3(CCOC3)C2)cc2c(=O)[nH]c(-c3cc4ccsc4cn3)nc12. The highest BCUT2D eigenvalue weighted by Crippen LogP contribution is 2.41. The molecule has 1 aromatic carbocycles. The van der Waals surface area contributed by atoms with Gasteiger partial charge >= 0.3 is 0 Å². The zero-order valence-electron chi connectivity index (χ0n) is 16.1. The van der Waals surface area contributed by atoms with E-state index < -0.39 is 0 Å². The van der Waals surface area contributed by atoms with E-state index in [1.807, 2.05) is 30.6 Å². The van der Waals surface area contributed by atoms with E-state index in [1.54, 1.807) is 11.3 Å². The third-order valence-electron chi connectivity index (χ3n) is 6.17. The summed E-state index contributed by atoms with van der Waals surface area (Å²) in [5.74, 6) is 0.512. The maximum Gasteiger partial charge on any atom is 0.259 e. The number of H-pyrrole nitrogens is 1. The second-order valence-electron chi connectivity index (χ2n) is 8.26. The zero-order chi connectivity index (χ0) is 19.6. The van der Waals surface area contributed by atoms with E-state index >= 15 is 0 Å². The monoisotopic (exact) mass is 404 g/mol. The lowest BCUT2D eigenvalue weighted by Crippen LogP contribution is -2.57. The Bertz CT molecular complexity index is 1310. The molecule has 0 radical (unpaired) electrons. The molecule has 0 saturated carbocycles. The minimum absolute atomic E-state index is 0.124. The number of aromatic nitrogens is 3. The fraction of sp³-hybridized carbons (Fsp3) is 0.318. The molecule has 6 rings (SSSR count). The molecule has 2 saturated heterocycles. The lowest BCUT2D eigenvalue weighted by atomic mass is 9.79. The van der Waals surface area contributed by atoms with Crippen molar-refractivity contribution in [3.8, 4) is 11.5 Å². The molecule has 1 spiro atoms. The molecule has 0 atom stereocenters. The fourth-order valence-electron chi connectivity index (χ4n) is 4.54. The first-order valence-electron chi connectivity index (χ1n) is 9.81. The number of thiophene rings is 1. The molecule has 6 nitrogen and oxygen atoms in total. The Kier molecular flexibility index (Phi) is 3.61. The minimum atomic E-state index is -0.124. The van der Waals surface area contributed by atoms with Gasteiger partial charge in [-0.3, -0.25) is 9.78 Å². The van der Waals surface area contributed by atoms with Crippen LogP contribution in [0.15, 0.2) is 40.6 Å². The van der Waals surface area contributed by atoms with E-state index in [4.69, 9.17) is 9.72 Å². The van der Waals surface area contributed by atoms with Crippen LogP contribution >= 0.6 is 11.3 Å². The number of hydrogen-bond acceptors (Lipinski definition) is 6. The van der Waals surface area contributed by atoms with Gasteiger partial charge in [0.05, 0.1) is 22.2 Å². The van der Waals surface area contributed by atoms with Crippen LogP contribution < -0.4 is 10.5 Å². The topological polar surface area (TPSA) is 71.1 Å². The molecule has 2 aliphatic rings. The van der Waals surface area contributed by atoms with Gasteiger partial charge in [0.25, 0.3) is 5.56 Å². The Morgan fingerprint density at radius 1 is 1.28 bits per heavy atom. The fourth-order valence-corrected chi connectivity index (χ4v) is 5.28. The van der Waals surface area contributed by atoms with Crippen LogP contribution in [0.3, 0.4) is 0 Å². The van der Waals surface area contributed by atoms with Crippen molar-refractivity contribution in [2.24, 2.45) is 5.41 Å². The number of nitrogens with one attached hydrogen (secondary N) is 1. The van der Waals surface area contributed by atoms with Gasteiger partial charge in [-0.2, -0.15) is 0 Å². The van der Waals surface area contributed by atoms with Crippen LogP contribution in [0.5, 0.6) is 0 Å². The first kappa shape index (κ1) is 17.1. The quantitative estimate of drug-likeness (QED) is 0.551. The largest absolute Gasteiger partial charge is 0.381 e. The van der Waals surface area contributed by atoms with Crippen molar-refractivity contribution < 1.29 is 4.74 Å². The van der Waals surface area contributed by atoms with E-state index in [0.29, 0.717) is 22.3 Å². The summed E-state index contributed by atoms with van der Waals surface area (Å²) in [5, 5.41) is 3.78. The van der Waals surface area contributed by atoms with Crippen LogP contribution in [0, 0.1) is 12.3 Å². The second kappa shape index (κ2) is 6.11. The number of benzene rings is 1. The van der Waals surface area contributed by atoms with Crippen molar-refractivity contribution in [1.82, 2.24) is 15.0 Å². The van der Waals surface area contributed by atoms with Gasteiger partial charge < -0.3 is 14.6 Å². The van der Waals surface area contributed by atoms with E-state index in [1.165, 1.54) is 0 Å². The van der Waals surface area contributed by atoms with Gasteiger partial charge in [-0.15, -0.1) is 11.3 Å². The molecule has 2 fully saturated rings. The Morgan fingerprint density at radius 3 is 3.00 bits per heavy atom. The van der Waals surface area contributed by atoms with E-state index in [2.05, 4.69) is 27.0 Å². The van der Waals surface area contributed by atoms with Gasteiger partial charge in [0.1, 0.15) is 5.69 Å². The van der Waals surface area contributed by atoms with Gasteiger partial charge in [-0.05, 0) is 53.9 Å². The Morgan fingerprint density at radius 2 is 2.17 bits per heavy atom. The van der Waals surface area contributed by atoms with Gasteiger partial charge in [0.2, 0.25) is 0 Å². The van der Waals surface area contributed by atoms with Crippen LogP contribution in [-0.2, 0) is 4.74 Å². The van der Waals surface area contributed by atoms with Crippen molar-refractivity contribution >= 4 is 38.0 Å². The van der Waals surface area contributed by atoms with Crippen molar-refractivity contribution in [2.75, 3.05) is 31.2 Å². The zero-order valence-corrected chi connectivity index (χ0v) is 16.9. The van der Waals surface area contributed by atoms with Crippen molar-refractivity contribution in [2.45, 2.75) is 13.3 Å². The summed E-state index contributed by atoms with van der Waals surface area (Å²) < 4.78 is 6.70. The van der Waals surface area contributed by atoms with E-state index in [-0.39, 0.29) is 5.56 Å². The van der Waals surface area contributed by atoms with Crippen molar-refractivity contribution in [3.05, 3.63) is 51.8 Å². The van der Waals surface area contributed by atoms with Crippen LogP contribution in [0.2, 0.25) is 0 Å². The predicted molar refractivity (Wildman–Crippen MR) is 116 cm³/mol. The van der Waals surface area contributed by atoms with Crippen LogP contribution in [0.1, 0.15) is 12.0 Å². The highest BCUT2D eigenvalue weighted by atomic mass is 32.1. The Balaban J connectivity index is 1.40. The number of hydrogen-bond donors (Lipinski definition) is 1. The first-order chi connectivity index (χ1) is 14.1. The average Bonchev–Trinajstić information content (AvgIpc) is 3.36. The van der Waals surface area contributed by atoms with Gasteiger partial charge in [0.15, 0.2) is 5.82 Å². The molecular formula is C22H20N4O2S. The lowest BCUT2D eigenvalue weighted by Gasteiger charge is -2.48. The molecule has 2 aliphatic heterocycles. The summed E-state index contributed by atoms with van der Waals surface area (Å²) >= 11 is 1.65. The molecular weight excluding hydrogens is 384 g/mol.